The molecule has 1 unspecified atom stereocenters. The van der Waals surface area contributed by atoms with E-state index in [0.29, 0.717) is 5.41 Å². The molecule has 2 saturated carbocycles. The second-order valence-electron chi connectivity index (χ2n) is 5.15. The zero-order valence-electron chi connectivity index (χ0n) is 8.77. The van der Waals surface area contributed by atoms with E-state index in [0.717, 1.165) is 5.92 Å². The average Bonchev–Trinajstić information content (AvgIpc) is 2.36. The Kier molecular flexibility index (Phi) is 2.16. The number of alkyl halides is 1. The fourth-order valence-electron chi connectivity index (χ4n) is 3.40. The van der Waals surface area contributed by atoms with Crippen LogP contribution in [0, 0.1) is 11.3 Å². The summed E-state index contributed by atoms with van der Waals surface area (Å²) in [6, 6.07) is 0. The van der Waals surface area contributed by atoms with Crippen molar-refractivity contribution in [1.82, 2.24) is 0 Å². The van der Waals surface area contributed by atoms with Gasteiger partial charge in [-0.15, -0.1) is 0 Å². The number of rotatable bonds is 2. The predicted molar refractivity (Wildman–Crippen MR) is 54.9 cm³/mol. The van der Waals surface area contributed by atoms with Crippen LogP contribution in [0.15, 0.2) is 0 Å². The third kappa shape index (κ3) is 1.24. The molecule has 2 aliphatic rings. The lowest BCUT2D eigenvalue weighted by Gasteiger charge is -2.38. The Morgan fingerprint density at radius 3 is 2.15 bits per heavy atom. The van der Waals surface area contributed by atoms with Crippen molar-refractivity contribution in [2.45, 2.75) is 57.6 Å². The zero-order chi connectivity index (χ0) is 9.69. The first-order valence-corrected chi connectivity index (χ1v) is 5.73. The summed E-state index contributed by atoms with van der Waals surface area (Å²) in [5.74, 6) is 0.864. The van der Waals surface area contributed by atoms with E-state index in [2.05, 4.69) is 13.8 Å². The SMILES string of the molecule is CC(Cl)OC12CCC(CC1)C2(C)C. The molecule has 0 radical (unpaired) electrons. The summed E-state index contributed by atoms with van der Waals surface area (Å²) in [7, 11) is 0. The average molecular weight is 203 g/mol. The van der Waals surface area contributed by atoms with E-state index in [-0.39, 0.29) is 11.2 Å². The highest BCUT2D eigenvalue weighted by Crippen LogP contribution is 2.62. The number of fused-ring (bicyclic) bond motifs is 2. The summed E-state index contributed by atoms with van der Waals surface area (Å²) in [6.07, 6.45) is 5.08. The second kappa shape index (κ2) is 2.87. The van der Waals surface area contributed by atoms with Gasteiger partial charge in [0.2, 0.25) is 0 Å². The molecule has 2 rings (SSSR count). The molecule has 2 aliphatic carbocycles. The van der Waals surface area contributed by atoms with Gasteiger partial charge >= 0.3 is 0 Å². The lowest BCUT2D eigenvalue weighted by molar-refractivity contribution is -0.104. The minimum Gasteiger partial charge on any atom is -0.356 e. The third-order valence-corrected chi connectivity index (χ3v) is 4.47. The Hall–Kier alpha value is 0.250. The van der Waals surface area contributed by atoms with Crippen molar-refractivity contribution in [2.75, 3.05) is 0 Å². The fourth-order valence-corrected chi connectivity index (χ4v) is 3.57. The number of halogens is 1. The van der Waals surface area contributed by atoms with Gasteiger partial charge in [0.15, 0.2) is 0 Å². The van der Waals surface area contributed by atoms with Gasteiger partial charge < -0.3 is 4.74 Å². The van der Waals surface area contributed by atoms with Crippen LogP contribution in [0.1, 0.15) is 46.5 Å². The van der Waals surface area contributed by atoms with E-state index in [4.69, 9.17) is 16.3 Å². The molecule has 2 fully saturated rings. The van der Waals surface area contributed by atoms with Gasteiger partial charge in [0, 0.05) is 0 Å². The molecule has 0 saturated heterocycles. The van der Waals surface area contributed by atoms with Crippen LogP contribution in [-0.4, -0.2) is 11.2 Å². The molecule has 0 spiro atoms. The van der Waals surface area contributed by atoms with E-state index < -0.39 is 0 Å². The molecular formula is C11H19ClO. The molecule has 76 valence electrons. The molecule has 13 heavy (non-hydrogen) atoms. The standard InChI is InChI=1S/C11H19ClO/c1-8(12)13-11-6-4-9(5-7-11)10(11,2)3/h8-9H,4-7H2,1-3H3. The molecular weight excluding hydrogens is 184 g/mol. The second-order valence-corrected chi connectivity index (χ2v) is 5.77. The van der Waals surface area contributed by atoms with Crippen LogP contribution in [0.25, 0.3) is 0 Å². The molecule has 0 amide bonds. The lowest BCUT2D eigenvalue weighted by Crippen LogP contribution is -2.41. The molecule has 1 atom stereocenters. The van der Waals surface area contributed by atoms with Gasteiger partial charge in [-0.2, -0.15) is 0 Å². The molecule has 0 aromatic rings. The van der Waals surface area contributed by atoms with Gasteiger partial charge in [-0.25, -0.2) is 0 Å². The molecule has 0 aromatic carbocycles. The van der Waals surface area contributed by atoms with E-state index in [1.54, 1.807) is 0 Å². The zero-order valence-corrected chi connectivity index (χ0v) is 9.53. The maximum atomic E-state index is 5.97. The lowest BCUT2D eigenvalue weighted by atomic mass is 9.78. The maximum Gasteiger partial charge on any atom is 0.129 e. The topological polar surface area (TPSA) is 9.23 Å². The Morgan fingerprint density at radius 2 is 1.85 bits per heavy atom. The Balaban J connectivity index is 2.21. The summed E-state index contributed by atoms with van der Waals surface area (Å²) in [5.41, 5.74) is 0.297. The Labute approximate surface area is 85.8 Å². The molecule has 0 heterocycles. The van der Waals surface area contributed by atoms with Crippen molar-refractivity contribution in [3.8, 4) is 0 Å². The monoisotopic (exact) mass is 202 g/mol. The van der Waals surface area contributed by atoms with Crippen LogP contribution >= 0.6 is 11.6 Å². The largest absolute Gasteiger partial charge is 0.356 e. The van der Waals surface area contributed by atoms with E-state index in [9.17, 15) is 0 Å². The molecule has 2 heteroatoms. The molecule has 1 nitrogen and oxygen atoms in total. The van der Waals surface area contributed by atoms with E-state index >= 15 is 0 Å². The van der Waals surface area contributed by atoms with Crippen LogP contribution in [0.3, 0.4) is 0 Å². The Bertz CT molecular complexity index is 202. The van der Waals surface area contributed by atoms with Crippen molar-refractivity contribution in [1.29, 1.82) is 0 Å². The number of hydrogen-bond acceptors (Lipinski definition) is 1. The van der Waals surface area contributed by atoms with Gasteiger partial charge in [-0.1, -0.05) is 25.4 Å². The molecule has 2 bridgehead atoms. The normalized spacial score (nSPS) is 43.8. The summed E-state index contributed by atoms with van der Waals surface area (Å²) in [5, 5.41) is 0. The number of ether oxygens (including phenoxy) is 1. The maximum absolute atomic E-state index is 5.97. The van der Waals surface area contributed by atoms with Crippen molar-refractivity contribution < 1.29 is 4.74 Å². The first kappa shape index (κ1) is 9.79. The first-order valence-electron chi connectivity index (χ1n) is 5.30. The van der Waals surface area contributed by atoms with Crippen molar-refractivity contribution >= 4 is 11.6 Å². The van der Waals surface area contributed by atoms with E-state index in [1.807, 2.05) is 6.92 Å². The van der Waals surface area contributed by atoms with Gasteiger partial charge in [-0.05, 0) is 43.9 Å². The number of hydrogen-bond donors (Lipinski definition) is 0. The summed E-state index contributed by atoms with van der Waals surface area (Å²) >= 11 is 5.95. The molecule has 0 aromatic heterocycles. The van der Waals surface area contributed by atoms with Crippen LogP contribution in [0.2, 0.25) is 0 Å². The summed E-state index contributed by atoms with van der Waals surface area (Å²) < 4.78 is 5.97. The highest BCUT2D eigenvalue weighted by molar-refractivity contribution is 6.19. The fraction of sp³-hybridized carbons (Fsp3) is 1.00. The van der Waals surface area contributed by atoms with Crippen molar-refractivity contribution in [3.63, 3.8) is 0 Å². The van der Waals surface area contributed by atoms with E-state index in [1.165, 1.54) is 25.7 Å². The van der Waals surface area contributed by atoms with Crippen LogP contribution < -0.4 is 0 Å². The van der Waals surface area contributed by atoms with Crippen LogP contribution in [0.5, 0.6) is 0 Å². The summed E-state index contributed by atoms with van der Waals surface area (Å²) in [6.45, 7) is 6.62. The highest BCUT2D eigenvalue weighted by Gasteiger charge is 2.60. The Morgan fingerprint density at radius 1 is 1.31 bits per heavy atom. The van der Waals surface area contributed by atoms with Crippen LogP contribution in [0.4, 0.5) is 0 Å². The summed E-state index contributed by atoms with van der Waals surface area (Å²) in [4.78, 5) is 0. The van der Waals surface area contributed by atoms with Crippen LogP contribution in [-0.2, 0) is 4.74 Å². The molecule has 0 N–H and O–H groups in total. The smallest absolute Gasteiger partial charge is 0.129 e. The van der Waals surface area contributed by atoms with Crippen molar-refractivity contribution in [2.24, 2.45) is 11.3 Å². The minimum absolute atomic E-state index is 0.0961. The van der Waals surface area contributed by atoms with Gasteiger partial charge in [0.25, 0.3) is 0 Å². The first-order chi connectivity index (χ1) is 5.98. The molecule has 0 aliphatic heterocycles. The van der Waals surface area contributed by atoms with Gasteiger partial charge in [0.05, 0.1) is 5.60 Å². The third-order valence-electron chi connectivity index (χ3n) is 4.38. The van der Waals surface area contributed by atoms with Gasteiger partial charge in [0.1, 0.15) is 5.56 Å². The predicted octanol–water partition coefficient (Wildman–Crippen LogP) is 3.56. The minimum atomic E-state index is -0.142. The van der Waals surface area contributed by atoms with Gasteiger partial charge in [-0.3, -0.25) is 0 Å². The van der Waals surface area contributed by atoms with Crippen molar-refractivity contribution in [3.05, 3.63) is 0 Å². The highest BCUT2D eigenvalue weighted by atomic mass is 35.5. The quantitative estimate of drug-likeness (QED) is 0.623.